The fraction of sp³-hybridized carbons (Fsp3) is 0.385. The van der Waals surface area contributed by atoms with Crippen molar-refractivity contribution in [3.8, 4) is 5.88 Å². The van der Waals surface area contributed by atoms with Gasteiger partial charge < -0.3 is 9.30 Å². The van der Waals surface area contributed by atoms with E-state index < -0.39 is 0 Å². The monoisotopic (exact) mass is 306 g/mol. The molecule has 0 bridgehead atoms. The van der Waals surface area contributed by atoms with Crippen molar-refractivity contribution >= 4 is 22.8 Å². The normalized spacial score (nSPS) is 11.2. The van der Waals surface area contributed by atoms with Gasteiger partial charge in [-0.05, 0) is 6.07 Å². The van der Waals surface area contributed by atoms with Gasteiger partial charge in [0, 0.05) is 31.9 Å². The molecule has 0 aromatic carbocycles. The molecule has 0 aliphatic rings. The Kier molecular flexibility index (Phi) is 3.74. The van der Waals surface area contributed by atoms with Crippen LogP contribution in [0.3, 0.4) is 0 Å². The number of hydrogen-bond acceptors (Lipinski definition) is 5. The first-order chi connectivity index (χ1) is 10.2. The third kappa shape index (κ3) is 2.44. The minimum Gasteiger partial charge on any atom is -0.479 e. The molecule has 7 nitrogen and oxygen atoms in total. The molecule has 110 valence electrons. The third-order valence-electron chi connectivity index (χ3n) is 3.40. The van der Waals surface area contributed by atoms with Crippen molar-refractivity contribution in [3.05, 3.63) is 30.1 Å². The predicted octanol–water partition coefficient (Wildman–Crippen LogP) is 1.55. The molecule has 0 atom stereocenters. The number of fused-ring (bicyclic) bond motifs is 1. The zero-order valence-corrected chi connectivity index (χ0v) is 12.6. The smallest absolute Gasteiger partial charge is 0.245 e. The molecule has 0 unspecified atom stereocenters. The summed E-state index contributed by atoms with van der Waals surface area (Å²) in [5.41, 5.74) is 2.51. The van der Waals surface area contributed by atoms with Gasteiger partial charge in [-0.15, -0.1) is 11.6 Å². The molecule has 0 saturated carbocycles. The Morgan fingerprint density at radius 2 is 2.19 bits per heavy atom. The number of methoxy groups -OCH3 is 1. The summed E-state index contributed by atoms with van der Waals surface area (Å²) in [5, 5.41) is 4.17. The highest BCUT2D eigenvalue weighted by atomic mass is 35.5. The molecule has 0 amide bonds. The molecule has 3 aromatic rings. The van der Waals surface area contributed by atoms with Crippen molar-refractivity contribution in [2.75, 3.05) is 7.11 Å². The second-order valence-corrected chi connectivity index (χ2v) is 4.83. The number of hydrogen-bond donors (Lipinski definition) is 0. The van der Waals surface area contributed by atoms with Crippen molar-refractivity contribution in [1.29, 1.82) is 0 Å². The lowest BCUT2D eigenvalue weighted by molar-refractivity contribution is 0.401. The summed E-state index contributed by atoms with van der Waals surface area (Å²) < 4.78 is 9.08. The van der Waals surface area contributed by atoms with Crippen LogP contribution in [0.1, 0.15) is 11.5 Å². The van der Waals surface area contributed by atoms with Crippen molar-refractivity contribution in [1.82, 2.24) is 29.3 Å². The lowest BCUT2D eigenvalue weighted by Gasteiger charge is -2.07. The van der Waals surface area contributed by atoms with Crippen LogP contribution in [0.5, 0.6) is 5.88 Å². The fourth-order valence-corrected chi connectivity index (χ4v) is 2.52. The van der Waals surface area contributed by atoms with Crippen LogP contribution in [0.4, 0.5) is 0 Å². The highest BCUT2D eigenvalue weighted by molar-refractivity contribution is 6.16. The van der Waals surface area contributed by atoms with E-state index in [0.29, 0.717) is 17.3 Å². The van der Waals surface area contributed by atoms with Gasteiger partial charge in [-0.1, -0.05) is 0 Å². The van der Waals surface area contributed by atoms with E-state index in [9.17, 15) is 0 Å². The van der Waals surface area contributed by atoms with E-state index in [4.69, 9.17) is 16.3 Å². The van der Waals surface area contributed by atoms with Gasteiger partial charge in [-0.2, -0.15) is 10.1 Å². The number of halogens is 1. The van der Waals surface area contributed by atoms with E-state index in [1.54, 1.807) is 13.3 Å². The van der Waals surface area contributed by atoms with Crippen LogP contribution in [-0.2, 0) is 25.9 Å². The average molecular weight is 307 g/mol. The molecule has 0 N–H and O–H groups in total. The summed E-state index contributed by atoms with van der Waals surface area (Å²) in [7, 11) is 3.49. The lowest BCUT2D eigenvalue weighted by Crippen LogP contribution is -2.08. The Balaban J connectivity index is 1.98. The molecule has 0 saturated heterocycles. The molecule has 8 heteroatoms. The van der Waals surface area contributed by atoms with Gasteiger partial charge in [0.05, 0.1) is 13.0 Å². The van der Waals surface area contributed by atoms with Crippen LogP contribution in [0.2, 0.25) is 0 Å². The van der Waals surface area contributed by atoms with Crippen molar-refractivity contribution in [3.63, 3.8) is 0 Å². The largest absolute Gasteiger partial charge is 0.479 e. The number of nitrogens with zero attached hydrogens (tertiary/aromatic N) is 6. The zero-order valence-electron chi connectivity index (χ0n) is 11.8. The molecule has 0 aliphatic carbocycles. The maximum Gasteiger partial charge on any atom is 0.245 e. The van der Waals surface area contributed by atoms with Gasteiger partial charge in [0.1, 0.15) is 12.2 Å². The van der Waals surface area contributed by atoms with Crippen molar-refractivity contribution < 1.29 is 4.74 Å². The number of rotatable bonds is 5. The maximum absolute atomic E-state index is 6.00. The Labute approximate surface area is 126 Å². The number of alkyl halides is 1. The average Bonchev–Trinajstić information content (AvgIpc) is 3.07. The Bertz CT molecular complexity index is 765. The van der Waals surface area contributed by atoms with E-state index in [1.165, 1.54) is 6.33 Å². The molecule has 0 fully saturated rings. The van der Waals surface area contributed by atoms with Crippen LogP contribution in [0.15, 0.2) is 18.6 Å². The number of imidazole rings is 1. The van der Waals surface area contributed by atoms with Crippen LogP contribution in [0, 0.1) is 0 Å². The maximum atomic E-state index is 6.00. The lowest BCUT2D eigenvalue weighted by atomic mass is 10.3. The molecule has 3 rings (SSSR count). The summed E-state index contributed by atoms with van der Waals surface area (Å²) in [4.78, 5) is 12.9. The highest BCUT2D eigenvalue weighted by Gasteiger charge is 2.16. The number of aromatic nitrogens is 6. The molecule has 0 radical (unpaired) electrons. The third-order valence-corrected chi connectivity index (χ3v) is 3.64. The Hall–Kier alpha value is -2.15. The molecule has 0 spiro atoms. The second kappa shape index (κ2) is 5.69. The van der Waals surface area contributed by atoms with E-state index in [2.05, 4.69) is 20.1 Å². The van der Waals surface area contributed by atoms with Crippen molar-refractivity contribution in [2.24, 2.45) is 7.05 Å². The minimum atomic E-state index is 0.310. The van der Waals surface area contributed by atoms with Gasteiger partial charge in [0.15, 0.2) is 11.2 Å². The zero-order chi connectivity index (χ0) is 14.8. The van der Waals surface area contributed by atoms with E-state index >= 15 is 0 Å². The van der Waals surface area contributed by atoms with Gasteiger partial charge >= 0.3 is 0 Å². The first kappa shape index (κ1) is 13.8. The molecular weight excluding hydrogens is 292 g/mol. The van der Waals surface area contributed by atoms with E-state index in [0.717, 1.165) is 30.1 Å². The van der Waals surface area contributed by atoms with Gasteiger partial charge in [0.25, 0.3) is 0 Å². The highest BCUT2D eigenvalue weighted by Crippen LogP contribution is 2.22. The first-order valence-corrected chi connectivity index (χ1v) is 7.05. The van der Waals surface area contributed by atoms with Crippen molar-refractivity contribution in [2.45, 2.75) is 18.8 Å². The second-order valence-electron chi connectivity index (χ2n) is 4.56. The SMILES string of the molecule is COc1ncnc2c1nc(CCl)n2CCc1ccnn1C. The molecular formula is C13H15ClN6O. The Morgan fingerprint density at radius 3 is 2.86 bits per heavy atom. The standard InChI is InChI=1S/C13H15ClN6O/c1-19-9(3-5-17-19)4-6-20-10(7-14)18-11-12(20)15-8-16-13(11)21-2/h3,5,8H,4,6-7H2,1-2H3. The van der Waals surface area contributed by atoms with E-state index in [1.807, 2.05) is 22.4 Å². The molecule has 0 aliphatic heterocycles. The molecule has 3 heterocycles. The predicted molar refractivity (Wildman–Crippen MR) is 78.3 cm³/mol. The quantitative estimate of drug-likeness (QED) is 0.669. The summed E-state index contributed by atoms with van der Waals surface area (Å²) >= 11 is 6.00. The van der Waals surface area contributed by atoms with Gasteiger partial charge in [-0.25, -0.2) is 9.97 Å². The van der Waals surface area contributed by atoms with Crippen LogP contribution >= 0.6 is 11.6 Å². The summed E-state index contributed by atoms with van der Waals surface area (Å²) in [5.74, 6) is 1.53. The Morgan fingerprint density at radius 1 is 1.33 bits per heavy atom. The topological polar surface area (TPSA) is 70.7 Å². The summed E-state index contributed by atoms with van der Waals surface area (Å²) in [6.07, 6.45) is 4.08. The van der Waals surface area contributed by atoms with Crippen LogP contribution in [0.25, 0.3) is 11.2 Å². The van der Waals surface area contributed by atoms with Gasteiger partial charge in [-0.3, -0.25) is 4.68 Å². The van der Waals surface area contributed by atoms with Crippen LogP contribution < -0.4 is 4.74 Å². The first-order valence-electron chi connectivity index (χ1n) is 6.51. The minimum absolute atomic E-state index is 0.310. The van der Waals surface area contributed by atoms with E-state index in [-0.39, 0.29) is 0 Å². The molecule has 21 heavy (non-hydrogen) atoms. The number of ether oxygens (including phenoxy) is 1. The summed E-state index contributed by atoms with van der Waals surface area (Å²) in [6, 6.07) is 2.00. The number of aryl methyl sites for hydroxylation is 3. The summed E-state index contributed by atoms with van der Waals surface area (Å²) in [6.45, 7) is 0.720. The molecule has 3 aromatic heterocycles. The fourth-order valence-electron chi connectivity index (χ4n) is 2.32. The van der Waals surface area contributed by atoms with Gasteiger partial charge in [0.2, 0.25) is 5.88 Å². The van der Waals surface area contributed by atoms with Crippen LogP contribution in [-0.4, -0.2) is 36.4 Å².